The highest BCUT2D eigenvalue weighted by atomic mass is 16.1. The van der Waals surface area contributed by atoms with Gasteiger partial charge in [0.25, 0.3) is 0 Å². The number of hydrogen-bond acceptors (Lipinski definition) is 2. The monoisotopic (exact) mass is 256 g/mol. The third-order valence-electron chi connectivity index (χ3n) is 3.40. The summed E-state index contributed by atoms with van der Waals surface area (Å²) in [5, 5.41) is 3.06. The van der Waals surface area contributed by atoms with Crippen molar-refractivity contribution in [2.75, 3.05) is 0 Å². The van der Waals surface area contributed by atoms with Gasteiger partial charge in [-0.3, -0.25) is 4.79 Å². The van der Waals surface area contributed by atoms with Crippen molar-refractivity contribution in [1.82, 2.24) is 5.32 Å². The number of carbonyl (C=O) groups is 1. The molecule has 1 aliphatic rings. The first-order valence-corrected chi connectivity index (χ1v) is 6.54. The van der Waals surface area contributed by atoms with Gasteiger partial charge in [0.15, 0.2) is 0 Å². The molecule has 0 fully saturated rings. The van der Waals surface area contributed by atoms with Crippen molar-refractivity contribution < 1.29 is 4.79 Å². The van der Waals surface area contributed by atoms with Gasteiger partial charge in [0, 0.05) is 11.3 Å². The van der Waals surface area contributed by atoms with E-state index < -0.39 is 5.54 Å². The zero-order chi connectivity index (χ0) is 13.9. The summed E-state index contributed by atoms with van der Waals surface area (Å²) >= 11 is 0. The molecule has 0 bridgehead atoms. The second-order valence-corrected chi connectivity index (χ2v) is 5.32. The van der Waals surface area contributed by atoms with E-state index in [1.807, 2.05) is 56.3 Å². The minimum absolute atomic E-state index is 0.0734. The number of amides is 1. The predicted octanol–water partition coefficient (Wildman–Crippen LogP) is 2.60. The summed E-state index contributed by atoms with van der Waals surface area (Å²) in [6.45, 7) is 3.99. The van der Waals surface area contributed by atoms with Crippen LogP contribution in [-0.2, 0) is 10.3 Å². The van der Waals surface area contributed by atoms with Crippen molar-refractivity contribution in [2.45, 2.75) is 32.2 Å². The highest BCUT2D eigenvalue weighted by Gasteiger charge is 2.25. The maximum absolute atomic E-state index is 12.3. The fourth-order valence-electron chi connectivity index (χ4n) is 2.21. The number of nitrogens with one attached hydrogen (secondary N) is 1. The van der Waals surface area contributed by atoms with E-state index in [1.165, 1.54) is 0 Å². The van der Waals surface area contributed by atoms with Crippen molar-refractivity contribution in [2.24, 2.45) is 5.73 Å². The molecular formula is C16H20N2O. The molecule has 0 unspecified atom stereocenters. The standard InChI is InChI=1S/C16H20N2O/c1-16(2,12-8-4-3-5-9-12)18-15(19)13-10-6-7-11-14(13)17/h3-5,7-9,11H,6,10,17H2,1-2H3,(H,18,19). The lowest BCUT2D eigenvalue weighted by molar-refractivity contribution is -0.119. The van der Waals surface area contributed by atoms with Crippen LogP contribution >= 0.6 is 0 Å². The highest BCUT2D eigenvalue weighted by molar-refractivity contribution is 5.95. The van der Waals surface area contributed by atoms with Crippen LogP contribution in [0.2, 0.25) is 0 Å². The predicted molar refractivity (Wildman–Crippen MR) is 77.2 cm³/mol. The SMILES string of the molecule is CC(C)(NC(=O)C1=C(N)C=CCC1)c1ccccc1. The third kappa shape index (κ3) is 3.05. The summed E-state index contributed by atoms with van der Waals surface area (Å²) in [7, 11) is 0. The molecule has 1 aromatic carbocycles. The number of nitrogens with two attached hydrogens (primary N) is 1. The van der Waals surface area contributed by atoms with E-state index >= 15 is 0 Å². The molecule has 0 heterocycles. The van der Waals surface area contributed by atoms with Crippen molar-refractivity contribution in [3.8, 4) is 0 Å². The van der Waals surface area contributed by atoms with Gasteiger partial charge in [-0.05, 0) is 38.3 Å². The second kappa shape index (κ2) is 5.31. The quantitative estimate of drug-likeness (QED) is 0.873. The van der Waals surface area contributed by atoms with Crippen LogP contribution in [0.3, 0.4) is 0 Å². The summed E-state index contributed by atoms with van der Waals surface area (Å²) in [4.78, 5) is 12.3. The van der Waals surface area contributed by atoms with Crippen LogP contribution in [-0.4, -0.2) is 5.91 Å². The van der Waals surface area contributed by atoms with Gasteiger partial charge in [-0.15, -0.1) is 0 Å². The molecule has 1 aliphatic carbocycles. The molecule has 1 aromatic rings. The van der Waals surface area contributed by atoms with E-state index in [1.54, 1.807) is 0 Å². The lowest BCUT2D eigenvalue weighted by atomic mass is 9.93. The van der Waals surface area contributed by atoms with Crippen molar-refractivity contribution >= 4 is 5.91 Å². The molecule has 100 valence electrons. The fourth-order valence-corrected chi connectivity index (χ4v) is 2.21. The van der Waals surface area contributed by atoms with Gasteiger partial charge in [0.1, 0.15) is 0 Å². The average molecular weight is 256 g/mol. The number of rotatable bonds is 3. The van der Waals surface area contributed by atoms with Crippen molar-refractivity contribution in [3.05, 3.63) is 59.3 Å². The summed E-state index contributed by atoms with van der Waals surface area (Å²) in [5.74, 6) is -0.0734. The van der Waals surface area contributed by atoms with E-state index in [4.69, 9.17) is 5.73 Å². The second-order valence-electron chi connectivity index (χ2n) is 5.32. The smallest absolute Gasteiger partial charge is 0.249 e. The van der Waals surface area contributed by atoms with E-state index in [-0.39, 0.29) is 5.91 Å². The Morgan fingerprint density at radius 2 is 1.95 bits per heavy atom. The molecule has 0 atom stereocenters. The molecule has 0 aromatic heterocycles. The Kier molecular flexibility index (Phi) is 3.74. The molecule has 19 heavy (non-hydrogen) atoms. The summed E-state index contributed by atoms with van der Waals surface area (Å²) < 4.78 is 0. The molecule has 1 amide bonds. The van der Waals surface area contributed by atoms with Crippen LogP contribution in [0.5, 0.6) is 0 Å². The highest BCUT2D eigenvalue weighted by Crippen LogP contribution is 2.22. The van der Waals surface area contributed by atoms with Gasteiger partial charge < -0.3 is 11.1 Å². The van der Waals surface area contributed by atoms with Gasteiger partial charge >= 0.3 is 0 Å². The molecular weight excluding hydrogens is 236 g/mol. The van der Waals surface area contributed by atoms with Gasteiger partial charge in [0.2, 0.25) is 5.91 Å². The van der Waals surface area contributed by atoms with E-state index in [0.29, 0.717) is 17.7 Å². The third-order valence-corrected chi connectivity index (χ3v) is 3.40. The van der Waals surface area contributed by atoms with Crippen LogP contribution in [0.4, 0.5) is 0 Å². The summed E-state index contributed by atoms with van der Waals surface area (Å²) in [6.07, 6.45) is 5.39. The first kappa shape index (κ1) is 13.4. The molecule has 3 heteroatoms. The van der Waals surface area contributed by atoms with Crippen molar-refractivity contribution in [1.29, 1.82) is 0 Å². The lowest BCUT2D eigenvalue weighted by Gasteiger charge is -2.28. The zero-order valence-corrected chi connectivity index (χ0v) is 11.4. The fraction of sp³-hybridized carbons (Fsp3) is 0.312. The topological polar surface area (TPSA) is 55.1 Å². The Morgan fingerprint density at radius 3 is 2.58 bits per heavy atom. The van der Waals surface area contributed by atoms with Crippen LogP contribution < -0.4 is 11.1 Å². The minimum Gasteiger partial charge on any atom is -0.398 e. The molecule has 3 N–H and O–H groups in total. The van der Waals surface area contributed by atoms with Crippen LogP contribution in [0.1, 0.15) is 32.3 Å². The summed E-state index contributed by atoms with van der Waals surface area (Å²) in [6, 6.07) is 9.94. The zero-order valence-electron chi connectivity index (χ0n) is 11.4. The Balaban J connectivity index is 2.17. The molecule has 0 aliphatic heterocycles. The normalized spacial score (nSPS) is 15.5. The van der Waals surface area contributed by atoms with Crippen LogP contribution in [0.25, 0.3) is 0 Å². The first-order chi connectivity index (χ1) is 9.00. The Labute approximate surface area is 114 Å². The largest absolute Gasteiger partial charge is 0.398 e. The van der Waals surface area contributed by atoms with Crippen LogP contribution in [0, 0.1) is 0 Å². The van der Waals surface area contributed by atoms with Crippen LogP contribution in [0.15, 0.2) is 53.8 Å². The number of carbonyl (C=O) groups excluding carboxylic acids is 1. The minimum atomic E-state index is -0.410. The molecule has 0 spiro atoms. The van der Waals surface area contributed by atoms with Gasteiger partial charge in [0.05, 0.1) is 5.54 Å². The number of hydrogen-bond donors (Lipinski definition) is 2. The maximum Gasteiger partial charge on any atom is 0.249 e. The van der Waals surface area contributed by atoms with Gasteiger partial charge in [-0.25, -0.2) is 0 Å². The maximum atomic E-state index is 12.3. The van der Waals surface area contributed by atoms with Crippen molar-refractivity contribution in [3.63, 3.8) is 0 Å². The number of allylic oxidation sites excluding steroid dienone is 2. The average Bonchev–Trinajstić information content (AvgIpc) is 2.39. The Bertz CT molecular complexity index is 527. The van der Waals surface area contributed by atoms with Gasteiger partial charge in [-0.1, -0.05) is 36.4 Å². The molecule has 2 rings (SSSR count). The summed E-state index contributed by atoms with van der Waals surface area (Å²) in [5.41, 5.74) is 7.80. The molecule has 3 nitrogen and oxygen atoms in total. The Morgan fingerprint density at radius 1 is 1.26 bits per heavy atom. The lowest BCUT2D eigenvalue weighted by Crippen LogP contribution is -2.42. The van der Waals surface area contributed by atoms with E-state index in [9.17, 15) is 4.79 Å². The number of benzene rings is 1. The molecule has 0 saturated carbocycles. The molecule has 0 saturated heterocycles. The first-order valence-electron chi connectivity index (χ1n) is 6.54. The van der Waals surface area contributed by atoms with E-state index in [0.717, 1.165) is 12.0 Å². The molecule has 0 radical (unpaired) electrons. The Hall–Kier alpha value is -2.03. The van der Waals surface area contributed by atoms with Gasteiger partial charge in [-0.2, -0.15) is 0 Å². The van der Waals surface area contributed by atoms with E-state index in [2.05, 4.69) is 5.32 Å².